The van der Waals surface area contributed by atoms with E-state index in [1.54, 1.807) is 31.2 Å². The molecule has 3 heterocycles. The summed E-state index contributed by atoms with van der Waals surface area (Å²) < 4.78 is 25.6. The molecule has 0 spiro atoms. The fraction of sp³-hybridized carbons (Fsp3) is 0.419. The molecule has 1 fully saturated rings. The third-order valence-corrected chi connectivity index (χ3v) is 7.98. The van der Waals surface area contributed by atoms with Gasteiger partial charge in [0.2, 0.25) is 0 Å². The van der Waals surface area contributed by atoms with Crippen LogP contribution in [0, 0.1) is 11.7 Å². The predicted octanol–water partition coefficient (Wildman–Crippen LogP) is 3.98. The number of carbonyl (C=O) groups excluding carboxylic acids is 1. The molecule has 210 valence electrons. The van der Waals surface area contributed by atoms with Gasteiger partial charge < -0.3 is 30.5 Å². The van der Waals surface area contributed by atoms with Crippen LogP contribution in [0.5, 0.6) is 11.5 Å². The van der Waals surface area contributed by atoms with Crippen LogP contribution in [0.15, 0.2) is 48.5 Å². The highest BCUT2D eigenvalue weighted by molar-refractivity contribution is 5.95. The molecular weight excluding hydrogens is 511 g/mol. The van der Waals surface area contributed by atoms with E-state index in [1.165, 1.54) is 25.0 Å². The van der Waals surface area contributed by atoms with Crippen molar-refractivity contribution in [2.24, 2.45) is 5.92 Å². The number of pyridine rings is 1. The Morgan fingerprint density at radius 1 is 1.20 bits per heavy atom. The maximum atomic E-state index is 13.7. The standard InChI is InChI=1S/C31H35FN4O4/c1-30(16-33-15-19-3-4-19)18-40-28-23(30)14-26(36-27(28)20-5-8-22(32)9-6-20)31(2,38)17-35-29(37)21-7-10-24-25(13-21)39-12-11-34-24/h5-10,13-14,19,33-34,38H,3-4,11-12,15-18H2,1-2H3,(H,35,37)/t30-,31-/m0/s1. The number of hydrogen-bond donors (Lipinski definition) is 4. The van der Waals surface area contributed by atoms with E-state index >= 15 is 0 Å². The van der Waals surface area contributed by atoms with Gasteiger partial charge in [0.1, 0.15) is 35.2 Å². The maximum absolute atomic E-state index is 13.7. The number of amides is 1. The quantitative estimate of drug-likeness (QED) is 0.322. The van der Waals surface area contributed by atoms with Gasteiger partial charge in [-0.2, -0.15) is 0 Å². The lowest BCUT2D eigenvalue weighted by Gasteiger charge is -2.27. The molecule has 2 aromatic carbocycles. The second kappa shape index (κ2) is 10.4. The first-order chi connectivity index (χ1) is 19.2. The van der Waals surface area contributed by atoms with Crippen LogP contribution in [-0.2, 0) is 11.0 Å². The molecule has 0 radical (unpaired) electrons. The molecule has 2 aliphatic heterocycles. The number of carbonyl (C=O) groups is 1. The van der Waals surface area contributed by atoms with Crippen molar-refractivity contribution in [2.75, 3.05) is 44.7 Å². The summed E-state index contributed by atoms with van der Waals surface area (Å²) in [5.41, 5.74) is 2.04. The number of aromatic nitrogens is 1. The van der Waals surface area contributed by atoms with Crippen LogP contribution < -0.4 is 25.4 Å². The Bertz CT molecular complexity index is 1420. The third kappa shape index (κ3) is 5.36. The molecular formula is C31H35FN4O4. The highest BCUT2D eigenvalue weighted by Gasteiger charge is 2.41. The minimum Gasteiger partial charge on any atom is -0.490 e. The number of aliphatic hydroxyl groups is 1. The van der Waals surface area contributed by atoms with Crippen LogP contribution in [-0.4, -0.2) is 55.4 Å². The summed E-state index contributed by atoms with van der Waals surface area (Å²) >= 11 is 0. The Hall–Kier alpha value is -3.69. The topological polar surface area (TPSA) is 105 Å². The van der Waals surface area contributed by atoms with Crippen molar-refractivity contribution in [2.45, 2.75) is 37.7 Å². The van der Waals surface area contributed by atoms with Gasteiger partial charge in [0, 0.05) is 35.2 Å². The van der Waals surface area contributed by atoms with E-state index in [0.717, 1.165) is 36.8 Å². The van der Waals surface area contributed by atoms with Gasteiger partial charge >= 0.3 is 0 Å². The number of nitrogens with one attached hydrogen (secondary N) is 3. The number of fused-ring (bicyclic) bond motifs is 2. The molecule has 0 bridgehead atoms. The minimum atomic E-state index is -1.49. The lowest BCUT2D eigenvalue weighted by atomic mass is 9.82. The normalized spacial score (nSPS) is 20.8. The summed E-state index contributed by atoms with van der Waals surface area (Å²) in [5.74, 6) is 1.35. The van der Waals surface area contributed by atoms with E-state index < -0.39 is 5.60 Å². The van der Waals surface area contributed by atoms with E-state index in [2.05, 4.69) is 22.9 Å². The molecule has 0 saturated heterocycles. The average molecular weight is 547 g/mol. The fourth-order valence-electron chi connectivity index (χ4n) is 5.26. The van der Waals surface area contributed by atoms with Gasteiger partial charge in [-0.05, 0) is 80.8 Å². The summed E-state index contributed by atoms with van der Waals surface area (Å²) in [6.07, 6.45) is 2.53. The Kier molecular flexibility index (Phi) is 6.88. The first kappa shape index (κ1) is 26.5. The highest BCUT2D eigenvalue weighted by Crippen LogP contribution is 2.45. The van der Waals surface area contributed by atoms with Crippen molar-refractivity contribution in [3.05, 3.63) is 71.2 Å². The van der Waals surface area contributed by atoms with Gasteiger partial charge in [-0.3, -0.25) is 4.79 Å². The monoisotopic (exact) mass is 546 g/mol. The third-order valence-electron chi connectivity index (χ3n) is 7.98. The van der Waals surface area contributed by atoms with E-state index in [4.69, 9.17) is 14.5 Å². The Morgan fingerprint density at radius 3 is 2.77 bits per heavy atom. The van der Waals surface area contributed by atoms with E-state index in [1.807, 2.05) is 12.1 Å². The predicted molar refractivity (Wildman–Crippen MR) is 150 cm³/mol. The van der Waals surface area contributed by atoms with E-state index in [0.29, 0.717) is 47.2 Å². The summed E-state index contributed by atoms with van der Waals surface area (Å²) in [7, 11) is 0. The number of benzene rings is 2. The molecule has 40 heavy (non-hydrogen) atoms. The fourth-order valence-corrected chi connectivity index (χ4v) is 5.26. The molecule has 1 saturated carbocycles. The number of hydrogen-bond acceptors (Lipinski definition) is 7. The zero-order valence-corrected chi connectivity index (χ0v) is 22.9. The van der Waals surface area contributed by atoms with E-state index in [-0.39, 0.29) is 23.7 Å². The molecule has 9 heteroatoms. The molecule has 3 aliphatic rings. The highest BCUT2D eigenvalue weighted by atomic mass is 19.1. The van der Waals surface area contributed by atoms with Gasteiger partial charge in [0.05, 0.1) is 24.5 Å². The molecule has 8 nitrogen and oxygen atoms in total. The van der Waals surface area contributed by atoms with Gasteiger partial charge in [-0.15, -0.1) is 0 Å². The number of rotatable bonds is 9. The van der Waals surface area contributed by atoms with Crippen molar-refractivity contribution < 1.29 is 23.8 Å². The van der Waals surface area contributed by atoms with Crippen LogP contribution in [0.2, 0.25) is 0 Å². The Morgan fingerprint density at radius 2 is 2.00 bits per heavy atom. The molecule has 6 rings (SSSR count). The van der Waals surface area contributed by atoms with Crippen molar-refractivity contribution in [3.63, 3.8) is 0 Å². The van der Waals surface area contributed by atoms with Crippen molar-refractivity contribution in [1.82, 2.24) is 15.6 Å². The first-order valence-electron chi connectivity index (χ1n) is 13.9. The van der Waals surface area contributed by atoms with Crippen LogP contribution in [0.4, 0.5) is 10.1 Å². The molecule has 3 aromatic rings. The van der Waals surface area contributed by atoms with Crippen molar-refractivity contribution >= 4 is 11.6 Å². The summed E-state index contributed by atoms with van der Waals surface area (Å²) in [4.78, 5) is 17.8. The number of anilines is 1. The van der Waals surface area contributed by atoms with Crippen molar-refractivity contribution in [3.8, 4) is 22.8 Å². The van der Waals surface area contributed by atoms with E-state index in [9.17, 15) is 14.3 Å². The zero-order chi connectivity index (χ0) is 27.9. The summed E-state index contributed by atoms with van der Waals surface area (Å²) in [6, 6.07) is 13.2. The van der Waals surface area contributed by atoms with Gasteiger partial charge in [0.15, 0.2) is 0 Å². The minimum absolute atomic E-state index is 0.0613. The molecule has 4 N–H and O–H groups in total. The number of halogens is 1. The maximum Gasteiger partial charge on any atom is 0.251 e. The van der Waals surface area contributed by atoms with Crippen LogP contribution in [0.3, 0.4) is 0 Å². The Balaban J connectivity index is 1.28. The van der Waals surface area contributed by atoms with Gasteiger partial charge in [-0.25, -0.2) is 9.37 Å². The Labute approximate surface area is 233 Å². The molecule has 2 atom stereocenters. The second-order valence-electron chi connectivity index (χ2n) is 11.6. The average Bonchev–Trinajstić information content (AvgIpc) is 3.73. The lowest BCUT2D eigenvalue weighted by molar-refractivity contribution is 0.0489. The molecule has 1 aliphatic carbocycles. The molecule has 1 amide bonds. The first-order valence-corrected chi connectivity index (χ1v) is 13.9. The molecule has 0 unspecified atom stereocenters. The van der Waals surface area contributed by atoms with Crippen LogP contribution in [0.25, 0.3) is 11.3 Å². The number of nitrogens with zero attached hydrogens (tertiary/aromatic N) is 1. The van der Waals surface area contributed by atoms with Crippen LogP contribution in [0.1, 0.15) is 48.3 Å². The van der Waals surface area contributed by atoms with Crippen LogP contribution >= 0.6 is 0 Å². The second-order valence-corrected chi connectivity index (χ2v) is 11.6. The largest absolute Gasteiger partial charge is 0.490 e. The smallest absolute Gasteiger partial charge is 0.251 e. The van der Waals surface area contributed by atoms with Gasteiger partial charge in [-0.1, -0.05) is 6.92 Å². The zero-order valence-electron chi connectivity index (χ0n) is 22.9. The van der Waals surface area contributed by atoms with Gasteiger partial charge in [0.25, 0.3) is 5.91 Å². The SMILES string of the molecule is C[C@]1(CNCC2CC2)COc2c1cc([C@@](C)(O)CNC(=O)c1ccc3c(c1)OCCN3)nc2-c1ccc(F)cc1. The lowest BCUT2D eigenvalue weighted by Crippen LogP contribution is -2.40. The number of ether oxygens (including phenoxy) is 2. The van der Waals surface area contributed by atoms with Crippen molar-refractivity contribution in [1.29, 1.82) is 0 Å². The summed E-state index contributed by atoms with van der Waals surface area (Å²) in [6.45, 7) is 7.12. The molecule has 1 aromatic heterocycles. The summed E-state index contributed by atoms with van der Waals surface area (Å²) in [5, 5.41) is 21.3.